The second-order valence-corrected chi connectivity index (χ2v) is 9.00. The molecule has 184 valence electrons. The van der Waals surface area contributed by atoms with E-state index in [-0.39, 0.29) is 11.7 Å². The third-order valence-electron chi connectivity index (χ3n) is 6.58. The summed E-state index contributed by atoms with van der Waals surface area (Å²) in [5, 5.41) is 14.2. The van der Waals surface area contributed by atoms with Crippen LogP contribution in [0.25, 0.3) is 17.1 Å². The Hall–Kier alpha value is -3.81. The zero-order valence-corrected chi connectivity index (χ0v) is 20.2. The fourth-order valence-corrected chi connectivity index (χ4v) is 4.75. The Morgan fingerprint density at radius 3 is 2.42 bits per heavy atom. The SMILES string of the molecule is O=C(O)c1ccnc(-n2ncc([C@H](OCCN3CCCCC3)c3ccccc3)c2-c2ccccc2)c1. The Bertz CT molecular complexity index is 1280. The van der Waals surface area contributed by atoms with Gasteiger partial charge in [-0.05, 0) is 43.6 Å². The van der Waals surface area contributed by atoms with Gasteiger partial charge in [0.2, 0.25) is 0 Å². The van der Waals surface area contributed by atoms with Crippen molar-refractivity contribution in [1.29, 1.82) is 0 Å². The molecule has 0 spiro atoms. The average molecular weight is 483 g/mol. The first-order valence-corrected chi connectivity index (χ1v) is 12.4. The molecule has 5 rings (SSSR count). The molecule has 1 aliphatic rings. The molecule has 4 aromatic rings. The fraction of sp³-hybridized carbons (Fsp3) is 0.276. The van der Waals surface area contributed by atoms with Crippen molar-refractivity contribution < 1.29 is 14.6 Å². The molecule has 36 heavy (non-hydrogen) atoms. The first-order chi connectivity index (χ1) is 17.7. The molecule has 0 saturated carbocycles. The van der Waals surface area contributed by atoms with Gasteiger partial charge in [-0.15, -0.1) is 0 Å². The van der Waals surface area contributed by atoms with Gasteiger partial charge >= 0.3 is 5.97 Å². The summed E-state index contributed by atoms with van der Waals surface area (Å²) in [4.78, 5) is 18.5. The third-order valence-corrected chi connectivity index (χ3v) is 6.58. The van der Waals surface area contributed by atoms with Gasteiger partial charge in [-0.2, -0.15) is 5.10 Å². The van der Waals surface area contributed by atoms with Crippen LogP contribution in [0.2, 0.25) is 0 Å². The highest BCUT2D eigenvalue weighted by molar-refractivity contribution is 5.88. The number of hydrogen-bond donors (Lipinski definition) is 1. The normalized spacial score (nSPS) is 15.0. The van der Waals surface area contributed by atoms with E-state index in [1.807, 2.05) is 54.7 Å². The number of rotatable bonds is 9. The smallest absolute Gasteiger partial charge is 0.335 e. The molecule has 1 N–H and O–H groups in total. The molecule has 2 aromatic heterocycles. The lowest BCUT2D eigenvalue weighted by Gasteiger charge is -2.27. The topological polar surface area (TPSA) is 80.5 Å². The predicted molar refractivity (Wildman–Crippen MR) is 138 cm³/mol. The standard InChI is InChI=1S/C29H30N4O3/c34-29(35)24-14-15-30-26(20-24)33-27(22-10-4-1-5-11-22)25(21-31-33)28(23-12-6-2-7-13-23)36-19-18-32-16-8-3-9-17-32/h1-2,4-7,10-15,20-21,28H,3,8-9,16-19H2,(H,34,35)/t28-/m1/s1. The minimum absolute atomic E-state index is 0.161. The molecule has 7 nitrogen and oxygen atoms in total. The highest BCUT2D eigenvalue weighted by Gasteiger charge is 2.25. The monoisotopic (exact) mass is 482 g/mol. The highest BCUT2D eigenvalue weighted by Crippen LogP contribution is 2.35. The lowest BCUT2D eigenvalue weighted by molar-refractivity contribution is 0.0560. The van der Waals surface area contributed by atoms with Crippen LogP contribution in [0, 0.1) is 0 Å². The number of carbonyl (C=O) groups is 1. The Morgan fingerprint density at radius 2 is 1.69 bits per heavy atom. The van der Waals surface area contributed by atoms with Gasteiger partial charge in [-0.3, -0.25) is 0 Å². The summed E-state index contributed by atoms with van der Waals surface area (Å²) in [7, 11) is 0. The van der Waals surface area contributed by atoms with Gasteiger partial charge in [0.15, 0.2) is 5.82 Å². The maximum atomic E-state index is 11.6. The van der Waals surface area contributed by atoms with Gasteiger partial charge in [0.25, 0.3) is 0 Å². The number of piperidine rings is 1. The third kappa shape index (κ3) is 5.37. The van der Waals surface area contributed by atoms with Crippen LogP contribution in [0.4, 0.5) is 0 Å². The molecule has 3 heterocycles. The molecule has 0 bridgehead atoms. The van der Waals surface area contributed by atoms with E-state index in [0.717, 1.165) is 42.0 Å². The van der Waals surface area contributed by atoms with Crippen LogP contribution in [-0.2, 0) is 4.74 Å². The predicted octanol–water partition coefficient (Wildman–Crippen LogP) is 5.22. The van der Waals surface area contributed by atoms with E-state index < -0.39 is 5.97 Å². The van der Waals surface area contributed by atoms with E-state index in [1.165, 1.54) is 31.5 Å². The van der Waals surface area contributed by atoms with Crippen molar-refractivity contribution in [1.82, 2.24) is 19.7 Å². The van der Waals surface area contributed by atoms with Crippen LogP contribution < -0.4 is 0 Å². The van der Waals surface area contributed by atoms with Crippen LogP contribution >= 0.6 is 0 Å². The zero-order valence-electron chi connectivity index (χ0n) is 20.2. The molecular weight excluding hydrogens is 452 g/mol. The number of ether oxygens (including phenoxy) is 1. The second-order valence-electron chi connectivity index (χ2n) is 9.00. The van der Waals surface area contributed by atoms with Gasteiger partial charge in [0.1, 0.15) is 6.10 Å². The van der Waals surface area contributed by atoms with Crippen LogP contribution in [0.1, 0.15) is 46.9 Å². The molecule has 1 saturated heterocycles. The summed E-state index contributed by atoms with van der Waals surface area (Å²) in [5.41, 5.74) is 3.90. The number of hydrogen-bond acceptors (Lipinski definition) is 5. The summed E-state index contributed by atoms with van der Waals surface area (Å²) in [6, 6.07) is 23.2. The van der Waals surface area contributed by atoms with Crippen molar-refractivity contribution in [2.75, 3.05) is 26.2 Å². The van der Waals surface area contributed by atoms with Crippen LogP contribution in [0.15, 0.2) is 85.2 Å². The van der Waals surface area contributed by atoms with Crippen molar-refractivity contribution in [3.8, 4) is 17.1 Å². The summed E-state index contributed by atoms with van der Waals surface area (Å²) in [5.74, 6) is -0.560. The van der Waals surface area contributed by atoms with Crippen molar-refractivity contribution >= 4 is 5.97 Å². The summed E-state index contributed by atoms with van der Waals surface area (Å²) >= 11 is 0. The molecule has 1 fully saturated rings. The van der Waals surface area contributed by atoms with Crippen molar-refractivity contribution in [2.45, 2.75) is 25.4 Å². The molecule has 1 atom stereocenters. The highest BCUT2D eigenvalue weighted by atomic mass is 16.5. The maximum Gasteiger partial charge on any atom is 0.335 e. The van der Waals surface area contributed by atoms with Crippen molar-refractivity contribution in [2.24, 2.45) is 0 Å². The van der Waals surface area contributed by atoms with E-state index >= 15 is 0 Å². The Kier molecular flexibility index (Phi) is 7.50. The average Bonchev–Trinajstić information content (AvgIpc) is 3.37. The minimum Gasteiger partial charge on any atom is -0.478 e. The number of aromatic carboxylic acids is 1. The minimum atomic E-state index is -1.00. The Balaban J connectivity index is 1.55. The number of benzene rings is 2. The van der Waals surface area contributed by atoms with Crippen LogP contribution in [0.5, 0.6) is 0 Å². The number of carboxylic acids is 1. The number of aromatic nitrogens is 3. The second kappa shape index (κ2) is 11.3. The summed E-state index contributed by atoms with van der Waals surface area (Å²) in [6.07, 6.45) is 6.78. The van der Waals surface area contributed by atoms with Crippen LogP contribution in [-0.4, -0.2) is 57.0 Å². The quantitative estimate of drug-likeness (QED) is 0.352. The largest absolute Gasteiger partial charge is 0.478 e. The number of pyridine rings is 1. The number of nitrogens with zero attached hydrogens (tertiary/aromatic N) is 4. The lowest BCUT2D eigenvalue weighted by Crippen LogP contribution is -2.33. The van der Waals surface area contributed by atoms with Crippen molar-refractivity contribution in [3.63, 3.8) is 0 Å². The number of carboxylic acid groups (broad SMARTS) is 1. The Labute approximate surface area is 211 Å². The van der Waals surface area contributed by atoms with Crippen LogP contribution in [0.3, 0.4) is 0 Å². The fourth-order valence-electron chi connectivity index (χ4n) is 4.75. The van der Waals surface area contributed by atoms with Gasteiger partial charge < -0.3 is 14.7 Å². The summed E-state index contributed by atoms with van der Waals surface area (Å²) in [6.45, 7) is 3.74. The van der Waals surface area contributed by atoms with Crippen molar-refractivity contribution in [3.05, 3.63) is 102 Å². The molecule has 2 aromatic carbocycles. The Morgan fingerprint density at radius 1 is 0.972 bits per heavy atom. The van der Waals surface area contributed by atoms with Gasteiger partial charge in [-0.25, -0.2) is 14.5 Å². The molecule has 0 radical (unpaired) electrons. The van der Waals surface area contributed by atoms with E-state index in [2.05, 4.69) is 27.1 Å². The van der Waals surface area contributed by atoms with Gasteiger partial charge in [0, 0.05) is 23.9 Å². The maximum absolute atomic E-state index is 11.6. The van der Waals surface area contributed by atoms with E-state index in [9.17, 15) is 9.90 Å². The number of likely N-dealkylation sites (tertiary alicyclic amines) is 1. The van der Waals surface area contributed by atoms with Gasteiger partial charge in [-0.1, -0.05) is 67.1 Å². The first kappa shape index (κ1) is 23.9. The molecule has 0 amide bonds. The first-order valence-electron chi connectivity index (χ1n) is 12.4. The molecular formula is C29H30N4O3. The van der Waals surface area contributed by atoms with E-state index in [1.54, 1.807) is 10.7 Å². The molecule has 7 heteroatoms. The molecule has 0 unspecified atom stereocenters. The lowest BCUT2D eigenvalue weighted by atomic mass is 9.98. The van der Waals surface area contributed by atoms with Gasteiger partial charge in [0.05, 0.1) is 24.1 Å². The molecule has 0 aliphatic carbocycles. The van der Waals surface area contributed by atoms with E-state index in [0.29, 0.717) is 12.4 Å². The van der Waals surface area contributed by atoms with E-state index in [4.69, 9.17) is 4.74 Å². The molecule has 1 aliphatic heterocycles. The summed E-state index contributed by atoms with van der Waals surface area (Å²) < 4.78 is 8.29. The zero-order chi connectivity index (χ0) is 24.7.